The topological polar surface area (TPSA) is 67.6 Å². The zero-order valence-electron chi connectivity index (χ0n) is 14.5. The Kier molecular flexibility index (Phi) is 3.98. The van der Waals surface area contributed by atoms with Gasteiger partial charge in [-0.1, -0.05) is 38.1 Å². The van der Waals surface area contributed by atoms with Crippen LogP contribution in [-0.2, 0) is 0 Å². The molecule has 2 aromatic heterocycles. The third-order valence-electron chi connectivity index (χ3n) is 4.54. The minimum Gasteiger partial charge on any atom is -0.341 e. The van der Waals surface area contributed by atoms with E-state index < -0.39 is 0 Å². The monoisotopic (exact) mass is 330 g/mol. The van der Waals surface area contributed by atoms with E-state index in [0.717, 1.165) is 39.7 Å². The summed E-state index contributed by atoms with van der Waals surface area (Å²) in [6.45, 7) is 4.35. The summed E-state index contributed by atoms with van der Waals surface area (Å²) in [6.07, 6.45) is 2.78. The molecule has 0 aliphatic carbocycles. The van der Waals surface area contributed by atoms with Crippen LogP contribution in [-0.4, -0.2) is 15.0 Å². The predicted molar refractivity (Wildman–Crippen MR) is 103 cm³/mol. The van der Waals surface area contributed by atoms with Crippen molar-refractivity contribution in [3.63, 3.8) is 0 Å². The second-order valence-electron chi connectivity index (χ2n) is 6.97. The average molecular weight is 330 g/mol. The van der Waals surface area contributed by atoms with Gasteiger partial charge in [0.2, 0.25) is 0 Å². The number of aromatic amines is 1. The molecule has 2 aromatic carbocycles. The normalized spacial score (nSPS) is 13.0. The average Bonchev–Trinajstić information content (AvgIpc) is 3.04. The molecule has 0 unspecified atom stereocenters. The molecule has 1 atom stereocenters. The zero-order chi connectivity index (χ0) is 17.4. The molecule has 4 rings (SSSR count). The van der Waals surface area contributed by atoms with Gasteiger partial charge in [-0.05, 0) is 47.7 Å². The van der Waals surface area contributed by atoms with Crippen molar-refractivity contribution in [1.29, 1.82) is 0 Å². The number of fused-ring (bicyclic) bond motifs is 2. The highest BCUT2D eigenvalue weighted by atomic mass is 15.0. The van der Waals surface area contributed by atoms with Crippen molar-refractivity contribution >= 4 is 21.9 Å². The SMILES string of the molecule is CC(C)C[C@@H](N)c1nc2ccc(-c3ccnc4ccccc34)cc2[nH]1. The summed E-state index contributed by atoms with van der Waals surface area (Å²) in [5.41, 5.74) is 11.6. The maximum atomic E-state index is 6.28. The Hall–Kier alpha value is -2.72. The van der Waals surface area contributed by atoms with Crippen molar-refractivity contribution < 1.29 is 0 Å². The first-order valence-corrected chi connectivity index (χ1v) is 8.71. The number of nitrogens with zero attached hydrogens (tertiary/aromatic N) is 2. The molecule has 0 spiro atoms. The molecule has 25 heavy (non-hydrogen) atoms. The van der Waals surface area contributed by atoms with Gasteiger partial charge in [0.05, 0.1) is 22.6 Å². The van der Waals surface area contributed by atoms with E-state index in [1.807, 2.05) is 24.4 Å². The summed E-state index contributed by atoms with van der Waals surface area (Å²) in [7, 11) is 0. The van der Waals surface area contributed by atoms with Gasteiger partial charge in [-0.25, -0.2) is 4.98 Å². The van der Waals surface area contributed by atoms with Gasteiger partial charge in [0.1, 0.15) is 5.82 Å². The molecule has 126 valence electrons. The van der Waals surface area contributed by atoms with E-state index in [4.69, 9.17) is 5.73 Å². The van der Waals surface area contributed by atoms with Gasteiger partial charge in [0, 0.05) is 11.6 Å². The standard InChI is InChI=1S/C21H22N4/c1-13(2)11-17(22)21-24-19-8-7-14(12-20(19)25-21)15-9-10-23-18-6-4-3-5-16(15)18/h3-10,12-13,17H,11,22H2,1-2H3,(H,24,25)/t17-/m1/s1. The Balaban J connectivity index is 1.78. The molecule has 0 bridgehead atoms. The second-order valence-corrected chi connectivity index (χ2v) is 6.97. The molecule has 4 aromatic rings. The van der Waals surface area contributed by atoms with Crippen LogP contribution in [0.4, 0.5) is 0 Å². The molecule has 0 saturated carbocycles. The van der Waals surface area contributed by atoms with Crippen LogP contribution in [0.2, 0.25) is 0 Å². The summed E-state index contributed by atoms with van der Waals surface area (Å²) in [4.78, 5) is 12.5. The van der Waals surface area contributed by atoms with E-state index in [-0.39, 0.29) is 6.04 Å². The Morgan fingerprint density at radius 3 is 2.72 bits per heavy atom. The molecular formula is C21H22N4. The maximum Gasteiger partial charge on any atom is 0.124 e. The van der Waals surface area contributed by atoms with Gasteiger partial charge in [-0.15, -0.1) is 0 Å². The lowest BCUT2D eigenvalue weighted by atomic mass is 10.0. The zero-order valence-corrected chi connectivity index (χ0v) is 14.5. The Morgan fingerprint density at radius 1 is 1.04 bits per heavy atom. The summed E-state index contributed by atoms with van der Waals surface area (Å²) in [5, 5.41) is 1.15. The maximum absolute atomic E-state index is 6.28. The van der Waals surface area contributed by atoms with E-state index in [9.17, 15) is 0 Å². The number of rotatable bonds is 4. The van der Waals surface area contributed by atoms with Crippen molar-refractivity contribution in [2.24, 2.45) is 11.7 Å². The molecule has 0 saturated heterocycles. The number of imidazole rings is 1. The number of hydrogen-bond donors (Lipinski definition) is 2. The Bertz CT molecular complexity index is 1030. The lowest BCUT2D eigenvalue weighted by Gasteiger charge is -2.10. The van der Waals surface area contributed by atoms with E-state index >= 15 is 0 Å². The molecule has 0 fully saturated rings. The minimum atomic E-state index is -0.0578. The molecule has 0 amide bonds. The molecular weight excluding hydrogens is 308 g/mol. The minimum absolute atomic E-state index is 0.0578. The highest BCUT2D eigenvalue weighted by Crippen LogP contribution is 2.30. The van der Waals surface area contributed by atoms with Crippen LogP contribution in [0.1, 0.15) is 32.1 Å². The van der Waals surface area contributed by atoms with E-state index in [1.165, 1.54) is 5.56 Å². The molecule has 0 aliphatic rings. The molecule has 0 aliphatic heterocycles. The fourth-order valence-electron chi connectivity index (χ4n) is 3.34. The smallest absolute Gasteiger partial charge is 0.124 e. The first-order valence-electron chi connectivity index (χ1n) is 8.71. The van der Waals surface area contributed by atoms with Gasteiger partial charge in [-0.2, -0.15) is 0 Å². The van der Waals surface area contributed by atoms with Crippen molar-refractivity contribution in [3.8, 4) is 11.1 Å². The van der Waals surface area contributed by atoms with Crippen molar-refractivity contribution in [3.05, 3.63) is 60.6 Å². The fourth-order valence-corrected chi connectivity index (χ4v) is 3.34. The van der Waals surface area contributed by atoms with Crippen LogP contribution in [0.25, 0.3) is 33.1 Å². The van der Waals surface area contributed by atoms with Crippen LogP contribution in [0.5, 0.6) is 0 Å². The quantitative estimate of drug-likeness (QED) is 0.563. The van der Waals surface area contributed by atoms with Gasteiger partial charge >= 0.3 is 0 Å². The van der Waals surface area contributed by atoms with Crippen LogP contribution < -0.4 is 5.73 Å². The van der Waals surface area contributed by atoms with Crippen LogP contribution >= 0.6 is 0 Å². The largest absolute Gasteiger partial charge is 0.341 e. The first kappa shape index (κ1) is 15.8. The number of hydrogen-bond acceptors (Lipinski definition) is 3. The Morgan fingerprint density at radius 2 is 1.88 bits per heavy atom. The highest BCUT2D eigenvalue weighted by Gasteiger charge is 2.14. The third kappa shape index (κ3) is 3.01. The second kappa shape index (κ2) is 6.30. The van der Waals surface area contributed by atoms with Crippen LogP contribution in [0.15, 0.2) is 54.7 Å². The fraction of sp³-hybridized carbons (Fsp3) is 0.238. The number of nitrogens with two attached hydrogens (primary N) is 1. The van der Waals surface area contributed by atoms with Crippen LogP contribution in [0.3, 0.4) is 0 Å². The summed E-state index contributed by atoms with van der Waals surface area (Å²) >= 11 is 0. The van der Waals surface area contributed by atoms with Crippen molar-refractivity contribution in [2.45, 2.75) is 26.3 Å². The lowest BCUT2D eigenvalue weighted by molar-refractivity contribution is 0.496. The number of H-pyrrole nitrogens is 1. The molecule has 3 N–H and O–H groups in total. The van der Waals surface area contributed by atoms with Crippen molar-refractivity contribution in [1.82, 2.24) is 15.0 Å². The molecule has 0 radical (unpaired) electrons. The van der Waals surface area contributed by atoms with Gasteiger partial charge in [0.25, 0.3) is 0 Å². The Labute approximate surface area is 147 Å². The van der Waals surface area contributed by atoms with Gasteiger partial charge in [-0.3, -0.25) is 4.98 Å². The number of pyridine rings is 1. The summed E-state index contributed by atoms with van der Waals surface area (Å²) < 4.78 is 0. The molecule has 4 nitrogen and oxygen atoms in total. The number of aromatic nitrogens is 3. The van der Waals surface area contributed by atoms with Crippen LogP contribution in [0, 0.1) is 5.92 Å². The van der Waals surface area contributed by atoms with Crippen molar-refractivity contribution in [2.75, 3.05) is 0 Å². The first-order chi connectivity index (χ1) is 12.1. The molecule has 2 heterocycles. The van der Waals surface area contributed by atoms with Gasteiger partial charge in [0.15, 0.2) is 0 Å². The van der Waals surface area contributed by atoms with E-state index in [0.29, 0.717) is 5.92 Å². The van der Waals surface area contributed by atoms with Gasteiger partial charge < -0.3 is 10.7 Å². The molecule has 4 heteroatoms. The summed E-state index contributed by atoms with van der Waals surface area (Å²) in [5.74, 6) is 1.40. The summed E-state index contributed by atoms with van der Waals surface area (Å²) in [6, 6.07) is 16.5. The predicted octanol–water partition coefficient (Wildman–Crippen LogP) is 4.82. The number of nitrogens with one attached hydrogen (secondary N) is 1. The van der Waals surface area contributed by atoms with E-state index in [2.05, 4.69) is 59.1 Å². The number of benzene rings is 2. The highest BCUT2D eigenvalue weighted by molar-refractivity contribution is 5.96. The number of para-hydroxylation sites is 1. The van der Waals surface area contributed by atoms with E-state index in [1.54, 1.807) is 0 Å². The third-order valence-corrected chi connectivity index (χ3v) is 4.54. The lowest BCUT2D eigenvalue weighted by Crippen LogP contribution is -2.14.